The van der Waals surface area contributed by atoms with Gasteiger partial charge in [0.1, 0.15) is 0 Å². The third-order valence-electron chi connectivity index (χ3n) is 7.24. The maximum atomic E-state index is 10.1. The van der Waals surface area contributed by atoms with E-state index in [1.54, 1.807) is 5.57 Å². The molecule has 1 saturated carbocycles. The fourth-order valence-electron chi connectivity index (χ4n) is 5.98. The van der Waals surface area contributed by atoms with E-state index in [4.69, 9.17) is 5.73 Å². The van der Waals surface area contributed by atoms with Crippen molar-refractivity contribution >= 4 is 0 Å². The molecule has 5 atom stereocenters. The summed E-state index contributed by atoms with van der Waals surface area (Å²) in [6.45, 7) is 2.68. The van der Waals surface area contributed by atoms with Crippen molar-refractivity contribution in [3.05, 3.63) is 35.6 Å². The molecule has 4 rings (SSSR count). The van der Waals surface area contributed by atoms with Crippen molar-refractivity contribution in [2.24, 2.45) is 34.3 Å². The highest BCUT2D eigenvalue weighted by molar-refractivity contribution is 5.33. The van der Waals surface area contributed by atoms with Crippen LogP contribution in [0, 0.1) is 28.6 Å². The third-order valence-corrected chi connectivity index (χ3v) is 7.24. The van der Waals surface area contributed by atoms with Crippen LogP contribution in [0.15, 0.2) is 35.6 Å². The molecule has 1 fully saturated rings. The Morgan fingerprint density at radius 2 is 2.14 bits per heavy atom. The molecule has 0 unspecified atom stereocenters. The lowest BCUT2D eigenvalue weighted by Crippen LogP contribution is -2.51. The van der Waals surface area contributed by atoms with Gasteiger partial charge in [0.05, 0.1) is 6.61 Å². The van der Waals surface area contributed by atoms with Crippen LogP contribution in [0.3, 0.4) is 0 Å². The third kappa shape index (κ3) is 1.63. The van der Waals surface area contributed by atoms with E-state index in [1.807, 2.05) is 0 Å². The second kappa shape index (κ2) is 4.49. The van der Waals surface area contributed by atoms with Gasteiger partial charge >= 0.3 is 0 Å². The van der Waals surface area contributed by atoms with Gasteiger partial charge in [-0.05, 0) is 56.3 Å². The Balaban J connectivity index is 1.73. The van der Waals surface area contributed by atoms with Crippen LogP contribution in [0.25, 0.3) is 0 Å². The van der Waals surface area contributed by atoms with Crippen LogP contribution in [0.2, 0.25) is 0 Å². The minimum atomic E-state index is -0.110. The fraction of sp³-hybridized carbons (Fsp3) is 0.684. The Morgan fingerprint density at radius 1 is 1.29 bits per heavy atom. The van der Waals surface area contributed by atoms with Gasteiger partial charge in [-0.1, -0.05) is 36.8 Å². The largest absolute Gasteiger partial charge is 0.402 e. The summed E-state index contributed by atoms with van der Waals surface area (Å²) in [4.78, 5) is 0. The summed E-state index contributed by atoms with van der Waals surface area (Å²) in [6, 6.07) is 0. The predicted molar refractivity (Wildman–Crippen MR) is 85.3 cm³/mol. The summed E-state index contributed by atoms with van der Waals surface area (Å²) in [5, 5.41) is 10.1. The second-order valence-corrected chi connectivity index (χ2v) is 7.81. The summed E-state index contributed by atoms with van der Waals surface area (Å²) in [5.74, 6) is 1.96. The van der Waals surface area contributed by atoms with Crippen LogP contribution in [-0.4, -0.2) is 11.7 Å². The summed E-state index contributed by atoms with van der Waals surface area (Å²) in [6.07, 6.45) is 16.6. The van der Waals surface area contributed by atoms with Crippen LogP contribution >= 0.6 is 0 Å². The van der Waals surface area contributed by atoms with E-state index in [2.05, 4.69) is 31.2 Å². The number of rotatable bonds is 1. The zero-order valence-corrected chi connectivity index (χ0v) is 13.0. The van der Waals surface area contributed by atoms with E-state index < -0.39 is 0 Å². The van der Waals surface area contributed by atoms with Gasteiger partial charge in [-0.3, -0.25) is 0 Å². The van der Waals surface area contributed by atoms with Crippen LogP contribution in [0.1, 0.15) is 45.4 Å². The quantitative estimate of drug-likeness (QED) is 0.724. The molecule has 114 valence electrons. The first-order valence-electron chi connectivity index (χ1n) is 8.56. The monoisotopic (exact) mass is 285 g/mol. The van der Waals surface area contributed by atoms with E-state index in [0.717, 1.165) is 24.5 Å². The van der Waals surface area contributed by atoms with Gasteiger partial charge in [0.2, 0.25) is 0 Å². The van der Waals surface area contributed by atoms with Crippen LogP contribution in [-0.2, 0) is 0 Å². The van der Waals surface area contributed by atoms with Gasteiger partial charge in [-0.15, -0.1) is 0 Å². The first-order valence-corrected chi connectivity index (χ1v) is 8.56. The van der Waals surface area contributed by atoms with E-state index in [1.165, 1.54) is 25.7 Å². The highest BCUT2D eigenvalue weighted by Crippen LogP contribution is 2.63. The lowest BCUT2D eigenvalue weighted by Gasteiger charge is -2.56. The van der Waals surface area contributed by atoms with Gasteiger partial charge < -0.3 is 10.8 Å². The molecule has 2 nitrogen and oxygen atoms in total. The molecular formula is C19H27NO. The minimum absolute atomic E-state index is 0.110. The SMILES string of the molecule is C[C@]12C=CCCC1=CC[C@H]1[C@@H]3CC=C(N)[C@@]3(CO)CC[C@@H]12. The van der Waals surface area contributed by atoms with Crippen molar-refractivity contribution in [2.45, 2.75) is 45.4 Å². The number of hydrogen-bond donors (Lipinski definition) is 2. The lowest BCUT2D eigenvalue weighted by molar-refractivity contribution is -0.0305. The van der Waals surface area contributed by atoms with E-state index >= 15 is 0 Å². The Hall–Kier alpha value is -1.02. The van der Waals surface area contributed by atoms with Crippen LogP contribution in [0.5, 0.6) is 0 Å². The van der Waals surface area contributed by atoms with Gasteiger partial charge in [0.15, 0.2) is 0 Å². The summed E-state index contributed by atoms with van der Waals surface area (Å²) in [7, 11) is 0. The Morgan fingerprint density at radius 3 is 2.95 bits per heavy atom. The molecule has 3 N–H and O–H groups in total. The van der Waals surface area contributed by atoms with Crippen molar-refractivity contribution in [1.29, 1.82) is 0 Å². The molecule has 21 heavy (non-hydrogen) atoms. The first kappa shape index (κ1) is 13.6. The molecule has 0 spiro atoms. The standard InChI is InChI=1S/C19H27NO/c1-18-10-3-2-4-13(18)5-6-14-15(18)9-11-19(12-21)16(14)7-8-17(19)20/h3,5,8,10,14-16,21H,2,4,6-7,9,11-12,20H2,1H3/t14-,15+,16+,18+,19-/m1/s1. The molecule has 0 amide bonds. The smallest absolute Gasteiger partial charge is 0.0544 e. The number of allylic oxidation sites excluding steroid dienone is 5. The lowest BCUT2D eigenvalue weighted by atomic mass is 9.49. The van der Waals surface area contributed by atoms with Gasteiger partial charge in [-0.2, -0.15) is 0 Å². The second-order valence-electron chi connectivity index (χ2n) is 7.81. The molecule has 4 aliphatic rings. The van der Waals surface area contributed by atoms with Crippen molar-refractivity contribution in [2.75, 3.05) is 6.61 Å². The molecule has 2 heteroatoms. The molecule has 0 aromatic carbocycles. The Kier molecular flexibility index (Phi) is 2.91. The maximum absolute atomic E-state index is 10.1. The molecule has 4 aliphatic carbocycles. The minimum Gasteiger partial charge on any atom is -0.402 e. The van der Waals surface area contributed by atoms with Crippen LogP contribution in [0.4, 0.5) is 0 Å². The molecule has 0 saturated heterocycles. The predicted octanol–water partition coefficient (Wildman–Crippen LogP) is 3.54. The van der Waals surface area contributed by atoms with Gasteiger partial charge in [-0.25, -0.2) is 0 Å². The highest BCUT2D eigenvalue weighted by atomic mass is 16.3. The maximum Gasteiger partial charge on any atom is 0.0544 e. The fourth-order valence-corrected chi connectivity index (χ4v) is 5.98. The van der Waals surface area contributed by atoms with E-state index in [9.17, 15) is 5.11 Å². The molecular weight excluding hydrogens is 258 g/mol. The molecule has 0 heterocycles. The normalized spacial score (nSPS) is 48.0. The van der Waals surface area contributed by atoms with E-state index in [-0.39, 0.29) is 17.4 Å². The molecule has 0 bridgehead atoms. The average Bonchev–Trinajstić information content (AvgIpc) is 2.84. The van der Waals surface area contributed by atoms with Crippen molar-refractivity contribution < 1.29 is 5.11 Å². The van der Waals surface area contributed by atoms with Gasteiger partial charge in [0, 0.05) is 16.5 Å². The van der Waals surface area contributed by atoms with Crippen molar-refractivity contribution in [1.82, 2.24) is 0 Å². The number of aliphatic hydroxyl groups excluding tert-OH is 1. The first-order chi connectivity index (χ1) is 10.1. The highest BCUT2D eigenvalue weighted by Gasteiger charge is 2.56. The van der Waals surface area contributed by atoms with E-state index in [0.29, 0.717) is 11.8 Å². The average molecular weight is 285 g/mol. The summed E-state index contributed by atoms with van der Waals surface area (Å²) < 4.78 is 0. The van der Waals surface area contributed by atoms with Crippen molar-refractivity contribution in [3.8, 4) is 0 Å². The molecule has 0 aromatic rings. The zero-order valence-electron chi connectivity index (χ0n) is 13.0. The number of hydrogen-bond acceptors (Lipinski definition) is 2. The zero-order chi connectivity index (χ0) is 14.7. The topological polar surface area (TPSA) is 46.2 Å². The Bertz CT molecular complexity index is 546. The molecule has 0 radical (unpaired) electrons. The number of nitrogens with two attached hydrogens (primary N) is 1. The van der Waals surface area contributed by atoms with Gasteiger partial charge in [0.25, 0.3) is 0 Å². The van der Waals surface area contributed by atoms with Crippen molar-refractivity contribution in [3.63, 3.8) is 0 Å². The summed E-state index contributed by atoms with van der Waals surface area (Å²) >= 11 is 0. The Labute approximate surface area is 127 Å². The number of fused-ring (bicyclic) bond motifs is 5. The molecule has 0 aromatic heterocycles. The van der Waals surface area contributed by atoms with Crippen LogP contribution < -0.4 is 5.73 Å². The summed E-state index contributed by atoms with van der Waals surface area (Å²) in [5.41, 5.74) is 9.08. The number of aliphatic hydroxyl groups is 1. The molecule has 0 aliphatic heterocycles.